The van der Waals surface area contributed by atoms with E-state index in [1.165, 1.54) is 11.3 Å². The molecule has 0 saturated carbocycles. The lowest BCUT2D eigenvalue weighted by molar-refractivity contribution is -0.182. The first-order valence-electron chi connectivity index (χ1n) is 7.29. The van der Waals surface area contributed by atoms with Gasteiger partial charge in [0.1, 0.15) is 4.21 Å². The van der Waals surface area contributed by atoms with Crippen LogP contribution >= 0.6 is 11.3 Å². The van der Waals surface area contributed by atoms with E-state index < -0.39 is 10.0 Å². The number of sulfonamides is 1. The Bertz CT molecular complexity index is 562. The molecule has 0 bridgehead atoms. The van der Waals surface area contributed by atoms with Crippen molar-refractivity contribution in [3.05, 3.63) is 17.5 Å². The van der Waals surface area contributed by atoms with Crippen molar-refractivity contribution >= 4 is 21.4 Å². The standard InChI is InChI=1S/C14H21NO4S2/c1-18-12-4-2-10-19-14(12)6-8-15(9-7-14)21(16,17)13-5-3-11-20-13/h3,5,11-12H,2,4,6-10H2,1H3/t12-/m1/s1. The number of ether oxygens (including phenoxy) is 2. The van der Waals surface area contributed by atoms with Gasteiger partial charge in [-0.1, -0.05) is 6.07 Å². The summed E-state index contributed by atoms with van der Waals surface area (Å²) in [4.78, 5) is 0. The summed E-state index contributed by atoms with van der Waals surface area (Å²) in [6.45, 7) is 1.75. The largest absolute Gasteiger partial charge is 0.378 e. The van der Waals surface area contributed by atoms with E-state index >= 15 is 0 Å². The van der Waals surface area contributed by atoms with Crippen LogP contribution in [0.15, 0.2) is 21.7 Å². The van der Waals surface area contributed by atoms with Crippen LogP contribution in [0.1, 0.15) is 25.7 Å². The molecule has 2 aliphatic rings. The average molecular weight is 331 g/mol. The van der Waals surface area contributed by atoms with Crippen molar-refractivity contribution in [2.75, 3.05) is 26.8 Å². The first-order chi connectivity index (χ1) is 10.1. The molecule has 21 heavy (non-hydrogen) atoms. The molecular weight excluding hydrogens is 310 g/mol. The molecule has 118 valence electrons. The minimum atomic E-state index is -3.34. The Kier molecular flexibility index (Phi) is 4.38. The van der Waals surface area contributed by atoms with Crippen molar-refractivity contribution in [3.63, 3.8) is 0 Å². The summed E-state index contributed by atoms with van der Waals surface area (Å²) in [5.74, 6) is 0. The van der Waals surface area contributed by atoms with Crippen molar-refractivity contribution in [1.82, 2.24) is 4.31 Å². The second-order valence-corrected chi connectivity index (χ2v) is 8.73. The lowest BCUT2D eigenvalue weighted by atomic mass is 9.82. The highest BCUT2D eigenvalue weighted by atomic mass is 32.2. The molecule has 7 heteroatoms. The van der Waals surface area contributed by atoms with Crippen LogP contribution in [-0.4, -0.2) is 51.2 Å². The van der Waals surface area contributed by atoms with Gasteiger partial charge >= 0.3 is 0 Å². The predicted molar refractivity (Wildman–Crippen MR) is 81.0 cm³/mol. The molecule has 0 N–H and O–H groups in total. The molecule has 0 aromatic carbocycles. The maximum absolute atomic E-state index is 12.5. The van der Waals surface area contributed by atoms with E-state index in [0.29, 0.717) is 30.1 Å². The van der Waals surface area contributed by atoms with Gasteiger partial charge in [0.15, 0.2) is 0 Å². The molecule has 1 atom stereocenters. The van der Waals surface area contributed by atoms with Crippen LogP contribution in [-0.2, 0) is 19.5 Å². The second kappa shape index (κ2) is 5.96. The van der Waals surface area contributed by atoms with Gasteiger partial charge < -0.3 is 9.47 Å². The quantitative estimate of drug-likeness (QED) is 0.851. The van der Waals surface area contributed by atoms with Crippen molar-refractivity contribution in [2.24, 2.45) is 0 Å². The van der Waals surface area contributed by atoms with E-state index in [4.69, 9.17) is 9.47 Å². The van der Waals surface area contributed by atoms with E-state index in [1.54, 1.807) is 28.9 Å². The van der Waals surface area contributed by atoms with Crippen molar-refractivity contribution in [2.45, 2.75) is 41.6 Å². The third-order valence-electron chi connectivity index (χ3n) is 4.53. The summed E-state index contributed by atoms with van der Waals surface area (Å²) in [7, 11) is -1.62. The summed E-state index contributed by atoms with van der Waals surface area (Å²) in [6.07, 6.45) is 3.50. The Morgan fingerprint density at radius 1 is 1.43 bits per heavy atom. The van der Waals surface area contributed by atoms with Crippen LogP contribution < -0.4 is 0 Å². The zero-order chi connectivity index (χ0) is 14.9. The zero-order valence-electron chi connectivity index (χ0n) is 12.2. The van der Waals surface area contributed by atoms with Crippen LogP contribution in [0.2, 0.25) is 0 Å². The fraction of sp³-hybridized carbons (Fsp3) is 0.714. The normalized spacial score (nSPS) is 27.0. The van der Waals surface area contributed by atoms with Gasteiger partial charge in [0.05, 0.1) is 11.7 Å². The Balaban J connectivity index is 1.73. The van der Waals surface area contributed by atoms with Gasteiger partial charge in [-0.15, -0.1) is 11.3 Å². The van der Waals surface area contributed by atoms with E-state index in [-0.39, 0.29) is 11.7 Å². The number of nitrogens with zero attached hydrogens (tertiary/aromatic N) is 1. The third-order valence-corrected chi connectivity index (χ3v) is 7.80. The SMILES string of the molecule is CO[C@@H]1CCCOC12CCN(S(=O)(=O)c1cccs1)CC2. The molecule has 1 spiro atoms. The highest BCUT2D eigenvalue weighted by Gasteiger charge is 2.46. The van der Waals surface area contributed by atoms with Crippen LogP contribution in [0.3, 0.4) is 0 Å². The summed E-state index contributed by atoms with van der Waals surface area (Å²) >= 11 is 1.27. The maximum atomic E-state index is 12.5. The molecule has 2 fully saturated rings. The van der Waals surface area contributed by atoms with Gasteiger partial charge in [0.2, 0.25) is 0 Å². The highest BCUT2D eigenvalue weighted by Crippen LogP contribution is 2.38. The number of hydrogen-bond donors (Lipinski definition) is 0. The molecule has 0 unspecified atom stereocenters. The smallest absolute Gasteiger partial charge is 0.252 e. The summed E-state index contributed by atoms with van der Waals surface area (Å²) in [5.41, 5.74) is -0.297. The average Bonchev–Trinajstić information content (AvgIpc) is 3.03. The number of methoxy groups -OCH3 is 1. The van der Waals surface area contributed by atoms with Gasteiger partial charge in [0, 0.05) is 26.8 Å². The first-order valence-corrected chi connectivity index (χ1v) is 9.61. The highest BCUT2D eigenvalue weighted by molar-refractivity contribution is 7.91. The summed E-state index contributed by atoms with van der Waals surface area (Å²) in [6, 6.07) is 3.44. The second-order valence-electron chi connectivity index (χ2n) is 5.62. The minimum absolute atomic E-state index is 0.0813. The zero-order valence-corrected chi connectivity index (χ0v) is 13.8. The summed E-state index contributed by atoms with van der Waals surface area (Å²) < 4.78 is 38.7. The van der Waals surface area contributed by atoms with Gasteiger partial charge in [-0.2, -0.15) is 4.31 Å². The Labute approximate surface area is 129 Å². The topological polar surface area (TPSA) is 55.8 Å². The van der Waals surface area contributed by atoms with Gasteiger partial charge in [-0.25, -0.2) is 8.42 Å². The van der Waals surface area contributed by atoms with E-state index in [1.807, 2.05) is 0 Å². The molecule has 0 aliphatic carbocycles. The third kappa shape index (κ3) is 2.77. The van der Waals surface area contributed by atoms with Gasteiger partial charge in [-0.3, -0.25) is 0 Å². The molecule has 2 saturated heterocycles. The molecule has 3 heterocycles. The van der Waals surface area contributed by atoms with Gasteiger partial charge in [0.25, 0.3) is 10.0 Å². The first kappa shape index (κ1) is 15.4. The molecule has 3 rings (SSSR count). The predicted octanol–water partition coefficient (Wildman–Crippen LogP) is 2.10. The molecule has 0 amide bonds. The maximum Gasteiger partial charge on any atom is 0.252 e. The fourth-order valence-corrected chi connectivity index (χ4v) is 5.93. The molecule has 1 aromatic rings. The Hall–Kier alpha value is -0.470. The van der Waals surface area contributed by atoms with E-state index in [9.17, 15) is 8.42 Å². The molecule has 0 radical (unpaired) electrons. The van der Waals surface area contributed by atoms with Crippen molar-refractivity contribution in [3.8, 4) is 0 Å². The molecular formula is C14H21NO4S2. The lowest BCUT2D eigenvalue weighted by Crippen LogP contribution is -2.56. The fourth-order valence-electron chi connectivity index (χ4n) is 3.34. The number of piperidine rings is 1. The number of thiophene rings is 1. The lowest BCUT2D eigenvalue weighted by Gasteiger charge is -2.47. The number of rotatable bonds is 3. The van der Waals surface area contributed by atoms with Crippen LogP contribution in [0.4, 0.5) is 0 Å². The Morgan fingerprint density at radius 2 is 2.19 bits per heavy atom. The Morgan fingerprint density at radius 3 is 2.81 bits per heavy atom. The molecule has 2 aliphatic heterocycles. The monoisotopic (exact) mass is 331 g/mol. The van der Waals surface area contributed by atoms with E-state index in [2.05, 4.69) is 0 Å². The number of hydrogen-bond acceptors (Lipinski definition) is 5. The van der Waals surface area contributed by atoms with E-state index in [0.717, 1.165) is 19.4 Å². The van der Waals surface area contributed by atoms with Crippen LogP contribution in [0, 0.1) is 0 Å². The minimum Gasteiger partial charge on any atom is -0.378 e. The van der Waals surface area contributed by atoms with Crippen molar-refractivity contribution in [1.29, 1.82) is 0 Å². The van der Waals surface area contributed by atoms with Crippen LogP contribution in [0.25, 0.3) is 0 Å². The molecule has 5 nitrogen and oxygen atoms in total. The summed E-state index contributed by atoms with van der Waals surface area (Å²) in [5, 5.41) is 1.80. The van der Waals surface area contributed by atoms with Gasteiger partial charge in [-0.05, 0) is 37.1 Å². The van der Waals surface area contributed by atoms with Crippen LogP contribution in [0.5, 0.6) is 0 Å². The molecule has 1 aromatic heterocycles. The van der Waals surface area contributed by atoms with Crippen molar-refractivity contribution < 1.29 is 17.9 Å².